The van der Waals surface area contributed by atoms with Crippen molar-refractivity contribution in [2.24, 2.45) is 5.92 Å². The molecule has 0 saturated heterocycles. The Labute approximate surface area is 126 Å². The zero-order chi connectivity index (χ0) is 15.9. The predicted molar refractivity (Wildman–Crippen MR) is 86.4 cm³/mol. The van der Waals surface area contributed by atoms with Crippen molar-refractivity contribution in [1.29, 1.82) is 0 Å². The summed E-state index contributed by atoms with van der Waals surface area (Å²) in [7, 11) is -3.27. The second-order valence-electron chi connectivity index (χ2n) is 5.30. The normalized spacial score (nSPS) is 11.8. The predicted octanol–water partition coefficient (Wildman–Crippen LogP) is 2.23. The second kappa shape index (κ2) is 7.83. The lowest BCUT2D eigenvalue weighted by atomic mass is 10.1. The van der Waals surface area contributed by atoms with Crippen molar-refractivity contribution < 1.29 is 13.2 Å². The number of benzene rings is 1. The third-order valence-electron chi connectivity index (χ3n) is 2.66. The number of anilines is 1. The number of hydrogen-bond acceptors (Lipinski definition) is 3. The largest absolute Gasteiger partial charge is 0.353 e. The average Bonchev–Trinajstić information content (AvgIpc) is 2.35. The first-order chi connectivity index (χ1) is 9.76. The van der Waals surface area contributed by atoms with E-state index in [4.69, 9.17) is 0 Å². The summed E-state index contributed by atoms with van der Waals surface area (Å²) in [5.74, 6) is 0.429. The quantitative estimate of drug-likeness (QED) is 0.758. The first-order valence-corrected chi connectivity index (χ1v) is 8.69. The summed E-state index contributed by atoms with van der Waals surface area (Å²) in [6, 6.07) is 6.78. The molecule has 0 aliphatic carbocycles. The van der Waals surface area contributed by atoms with E-state index in [9.17, 15) is 13.2 Å². The molecule has 1 amide bonds. The van der Waals surface area contributed by atoms with Gasteiger partial charge in [-0.3, -0.25) is 9.52 Å². The molecule has 0 fully saturated rings. The van der Waals surface area contributed by atoms with E-state index in [0.29, 0.717) is 18.2 Å². The number of nitrogens with one attached hydrogen (secondary N) is 2. The van der Waals surface area contributed by atoms with Gasteiger partial charge >= 0.3 is 0 Å². The van der Waals surface area contributed by atoms with Crippen molar-refractivity contribution in [1.82, 2.24) is 5.32 Å². The number of amides is 1. The maximum absolute atomic E-state index is 11.6. The molecule has 21 heavy (non-hydrogen) atoms. The first-order valence-electron chi connectivity index (χ1n) is 6.80. The third kappa shape index (κ3) is 8.14. The van der Waals surface area contributed by atoms with Gasteiger partial charge in [0.05, 0.1) is 6.26 Å². The van der Waals surface area contributed by atoms with E-state index in [2.05, 4.69) is 23.9 Å². The SMILES string of the molecule is CC(C)CCNC(=O)/C=C/c1ccc(NS(C)(=O)=O)cc1. The highest BCUT2D eigenvalue weighted by Crippen LogP contribution is 2.11. The maximum atomic E-state index is 11.6. The van der Waals surface area contributed by atoms with Crippen LogP contribution in [0, 0.1) is 5.92 Å². The highest BCUT2D eigenvalue weighted by atomic mass is 32.2. The molecule has 0 aliphatic heterocycles. The van der Waals surface area contributed by atoms with E-state index < -0.39 is 10.0 Å². The molecule has 0 bridgehead atoms. The summed E-state index contributed by atoms with van der Waals surface area (Å²) in [6.45, 7) is 4.88. The van der Waals surface area contributed by atoms with E-state index in [0.717, 1.165) is 18.2 Å². The molecule has 6 heteroatoms. The monoisotopic (exact) mass is 310 g/mol. The minimum atomic E-state index is -3.27. The lowest BCUT2D eigenvalue weighted by Gasteiger charge is -2.05. The molecule has 116 valence electrons. The molecule has 5 nitrogen and oxygen atoms in total. The Kier molecular flexibility index (Phi) is 6.42. The number of sulfonamides is 1. The summed E-state index contributed by atoms with van der Waals surface area (Å²) >= 11 is 0. The summed E-state index contributed by atoms with van der Waals surface area (Å²) in [5, 5.41) is 2.81. The van der Waals surface area contributed by atoms with Gasteiger partial charge in [0.25, 0.3) is 0 Å². The summed E-state index contributed by atoms with van der Waals surface area (Å²) in [4.78, 5) is 11.6. The van der Waals surface area contributed by atoms with E-state index >= 15 is 0 Å². The smallest absolute Gasteiger partial charge is 0.243 e. The van der Waals surface area contributed by atoms with Gasteiger partial charge in [-0.2, -0.15) is 0 Å². The van der Waals surface area contributed by atoms with Crippen molar-refractivity contribution in [2.75, 3.05) is 17.5 Å². The van der Waals surface area contributed by atoms with Crippen LogP contribution in [0.25, 0.3) is 6.08 Å². The van der Waals surface area contributed by atoms with Gasteiger partial charge in [0.1, 0.15) is 0 Å². The molecular weight excluding hydrogens is 288 g/mol. The fraction of sp³-hybridized carbons (Fsp3) is 0.400. The van der Waals surface area contributed by atoms with Crippen LogP contribution in [0.2, 0.25) is 0 Å². The highest BCUT2D eigenvalue weighted by Gasteiger charge is 2.01. The van der Waals surface area contributed by atoms with Crippen molar-refractivity contribution in [2.45, 2.75) is 20.3 Å². The van der Waals surface area contributed by atoms with E-state index in [-0.39, 0.29) is 5.91 Å². The number of rotatable bonds is 7. The summed E-state index contributed by atoms with van der Waals surface area (Å²) in [6.07, 6.45) is 5.21. The molecule has 0 aliphatic rings. The zero-order valence-corrected chi connectivity index (χ0v) is 13.4. The average molecular weight is 310 g/mol. The van der Waals surface area contributed by atoms with Gasteiger partial charge in [0.15, 0.2) is 0 Å². The van der Waals surface area contributed by atoms with Gasteiger partial charge in [-0.1, -0.05) is 26.0 Å². The fourth-order valence-electron chi connectivity index (χ4n) is 1.59. The third-order valence-corrected chi connectivity index (χ3v) is 3.27. The van der Waals surface area contributed by atoms with Crippen LogP contribution in [-0.4, -0.2) is 27.1 Å². The van der Waals surface area contributed by atoms with E-state index in [1.165, 1.54) is 6.08 Å². The molecule has 2 N–H and O–H groups in total. The Morgan fingerprint density at radius 3 is 2.38 bits per heavy atom. The Bertz CT molecular complexity index is 590. The van der Waals surface area contributed by atoms with Crippen molar-refractivity contribution >= 4 is 27.7 Å². The van der Waals surface area contributed by atoms with Crippen LogP contribution in [0.4, 0.5) is 5.69 Å². The van der Waals surface area contributed by atoms with Crippen molar-refractivity contribution in [3.8, 4) is 0 Å². The van der Waals surface area contributed by atoms with Crippen LogP contribution in [0.3, 0.4) is 0 Å². The molecule has 0 heterocycles. The maximum Gasteiger partial charge on any atom is 0.243 e. The first kappa shape index (κ1) is 17.2. The van der Waals surface area contributed by atoms with Gasteiger partial charge in [0, 0.05) is 18.3 Å². The molecule has 0 atom stereocenters. The van der Waals surface area contributed by atoms with Crippen molar-refractivity contribution in [3.63, 3.8) is 0 Å². The standard InChI is InChI=1S/C15H22N2O3S/c1-12(2)10-11-16-15(18)9-6-13-4-7-14(8-5-13)17-21(3,19)20/h4-9,12,17H,10-11H2,1-3H3,(H,16,18)/b9-6+. The Morgan fingerprint density at radius 1 is 1.24 bits per heavy atom. The van der Waals surface area contributed by atoms with Crippen LogP contribution in [0.1, 0.15) is 25.8 Å². The lowest BCUT2D eigenvalue weighted by molar-refractivity contribution is -0.116. The summed E-state index contributed by atoms with van der Waals surface area (Å²) in [5.41, 5.74) is 1.32. The molecular formula is C15H22N2O3S. The Morgan fingerprint density at radius 2 is 1.86 bits per heavy atom. The molecule has 1 aromatic carbocycles. The number of carbonyl (C=O) groups is 1. The van der Waals surface area contributed by atoms with E-state index in [1.807, 2.05) is 0 Å². The van der Waals surface area contributed by atoms with Crippen LogP contribution >= 0.6 is 0 Å². The highest BCUT2D eigenvalue weighted by molar-refractivity contribution is 7.92. The van der Waals surface area contributed by atoms with Crippen LogP contribution in [0.15, 0.2) is 30.3 Å². The van der Waals surface area contributed by atoms with Crippen LogP contribution in [-0.2, 0) is 14.8 Å². The molecule has 0 unspecified atom stereocenters. The zero-order valence-electron chi connectivity index (χ0n) is 12.6. The molecule has 1 rings (SSSR count). The fourth-order valence-corrected chi connectivity index (χ4v) is 2.16. The molecule has 0 spiro atoms. The topological polar surface area (TPSA) is 75.3 Å². The van der Waals surface area contributed by atoms with Gasteiger partial charge in [0.2, 0.25) is 15.9 Å². The summed E-state index contributed by atoms with van der Waals surface area (Å²) < 4.78 is 24.5. The van der Waals surface area contributed by atoms with Crippen LogP contribution in [0.5, 0.6) is 0 Å². The second-order valence-corrected chi connectivity index (χ2v) is 7.05. The minimum Gasteiger partial charge on any atom is -0.353 e. The molecule has 0 saturated carbocycles. The van der Waals surface area contributed by atoms with Crippen LogP contribution < -0.4 is 10.0 Å². The molecule has 0 aromatic heterocycles. The van der Waals surface area contributed by atoms with Gasteiger partial charge in [-0.25, -0.2) is 8.42 Å². The molecule has 1 aromatic rings. The Balaban J connectivity index is 2.51. The molecule has 0 radical (unpaired) electrons. The number of carbonyl (C=O) groups excluding carboxylic acids is 1. The van der Waals surface area contributed by atoms with E-state index in [1.54, 1.807) is 30.3 Å². The van der Waals surface area contributed by atoms with Gasteiger partial charge in [-0.05, 0) is 36.1 Å². The van der Waals surface area contributed by atoms with Gasteiger partial charge in [-0.15, -0.1) is 0 Å². The van der Waals surface area contributed by atoms with Crippen molar-refractivity contribution in [3.05, 3.63) is 35.9 Å². The van der Waals surface area contributed by atoms with Gasteiger partial charge < -0.3 is 5.32 Å². The minimum absolute atomic E-state index is 0.131. The number of hydrogen-bond donors (Lipinski definition) is 2. The Hall–Kier alpha value is -1.82. The lowest BCUT2D eigenvalue weighted by Crippen LogP contribution is -2.23.